The lowest BCUT2D eigenvalue weighted by Crippen LogP contribution is -2.39. The van der Waals surface area contributed by atoms with Crippen LogP contribution >= 0.6 is 0 Å². The highest BCUT2D eigenvalue weighted by Gasteiger charge is 2.23. The number of hydrogen-bond donors (Lipinski definition) is 1. The van der Waals surface area contributed by atoms with Crippen LogP contribution in [0.25, 0.3) is 0 Å². The maximum Gasteiger partial charge on any atom is 0.224 e. The Balaban J connectivity index is 0.00000106. The summed E-state index contributed by atoms with van der Waals surface area (Å²) in [5, 5.41) is 8.66. The van der Waals surface area contributed by atoms with Gasteiger partial charge < -0.3 is 10.0 Å². The standard InChI is InChI=1S/C11H21NO2.C2H6/c1-9(2)10-3-6-12(7-4-10)11(14)5-8-13;1-2/h9-10,13H,3-8H2,1-2H3;1-2H3. The third-order valence-electron chi connectivity index (χ3n) is 3.16. The molecule has 96 valence electrons. The Bertz CT molecular complexity index is 184. The van der Waals surface area contributed by atoms with Crippen molar-refractivity contribution in [2.75, 3.05) is 19.7 Å². The fourth-order valence-electron chi connectivity index (χ4n) is 2.07. The summed E-state index contributed by atoms with van der Waals surface area (Å²) in [6.07, 6.45) is 2.52. The average Bonchev–Trinajstić information content (AvgIpc) is 2.32. The van der Waals surface area contributed by atoms with Crippen molar-refractivity contribution in [2.24, 2.45) is 11.8 Å². The van der Waals surface area contributed by atoms with Crippen LogP contribution < -0.4 is 0 Å². The minimum atomic E-state index is -0.0249. The molecule has 0 radical (unpaired) electrons. The SMILES string of the molecule is CC.CC(C)C1CCN(C(=O)CCO)CC1. The number of aliphatic hydroxyl groups is 1. The molecule has 1 N–H and O–H groups in total. The van der Waals surface area contributed by atoms with Gasteiger partial charge in [0.25, 0.3) is 0 Å². The monoisotopic (exact) mass is 229 g/mol. The number of likely N-dealkylation sites (tertiary alicyclic amines) is 1. The summed E-state index contributed by atoms with van der Waals surface area (Å²) in [5.41, 5.74) is 0. The van der Waals surface area contributed by atoms with E-state index >= 15 is 0 Å². The van der Waals surface area contributed by atoms with Crippen LogP contribution in [0.15, 0.2) is 0 Å². The number of carbonyl (C=O) groups excluding carboxylic acids is 1. The fourth-order valence-corrected chi connectivity index (χ4v) is 2.07. The van der Waals surface area contributed by atoms with Crippen LogP contribution in [0.3, 0.4) is 0 Å². The summed E-state index contributed by atoms with van der Waals surface area (Å²) in [5.74, 6) is 1.60. The Morgan fingerprint density at radius 1 is 1.31 bits per heavy atom. The third-order valence-corrected chi connectivity index (χ3v) is 3.16. The van der Waals surface area contributed by atoms with Crippen molar-refractivity contribution >= 4 is 5.91 Å². The molecule has 1 heterocycles. The molecule has 0 aromatic carbocycles. The maximum absolute atomic E-state index is 11.4. The average molecular weight is 229 g/mol. The number of aliphatic hydroxyl groups excluding tert-OH is 1. The zero-order chi connectivity index (χ0) is 12.6. The van der Waals surface area contributed by atoms with E-state index in [2.05, 4.69) is 13.8 Å². The summed E-state index contributed by atoms with van der Waals surface area (Å²) in [6.45, 7) is 10.2. The second-order valence-electron chi connectivity index (χ2n) is 4.44. The zero-order valence-corrected chi connectivity index (χ0v) is 11.2. The van der Waals surface area contributed by atoms with Crippen LogP contribution in [-0.4, -0.2) is 35.6 Å². The first-order valence-electron chi connectivity index (χ1n) is 6.53. The lowest BCUT2D eigenvalue weighted by molar-refractivity contribution is -0.133. The molecular weight excluding hydrogens is 202 g/mol. The van der Waals surface area contributed by atoms with Crippen molar-refractivity contribution in [1.29, 1.82) is 0 Å². The quantitative estimate of drug-likeness (QED) is 0.806. The smallest absolute Gasteiger partial charge is 0.224 e. The zero-order valence-electron chi connectivity index (χ0n) is 11.2. The molecule has 0 unspecified atom stereocenters. The van der Waals surface area contributed by atoms with E-state index in [-0.39, 0.29) is 18.9 Å². The van der Waals surface area contributed by atoms with Gasteiger partial charge in [-0.3, -0.25) is 4.79 Å². The molecule has 0 aromatic heterocycles. The maximum atomic E-state index is 11.4. The normalized spacial score (nSPS) is 17.0. The number of carbonyl (C=O) groups is 1. The lowest BCUT2D eigenvalue weighted by atomic mass is 9.86. The van der Waals surface area contributed by atoms with Gasteiger partial charge >= 0.3 is 0 Å². The number of amides is 1. The van der Waals surface area contributed by atoms with E-state index in [1.807, 2.05) is 18.7 Å². The summed E-state index contributed by atoms with van der Waals surface area (Å²) in [6, 6.07) is 0. The van der Waals surface area contributed by atoms with Gasteiger partial charge in [0, 0.05) is 19.5 Å². The second-order valence-corrected chi connectivity index (χ2v) is 4.44. The molecule has 0 spiro atoms. The molecule has 0 aliphatic carbocycles. The highest BCUT2D eigenvalue weighted by Crippen LogP contribution is 2.24. The van der Waals surface area contributed by atoms with Gasteiger partial charge in [0.2, 0.25) is 5.91 Å². The molecule has 16 heavy (non-hydrogen) atoms. The first-order valence-corrected chi connectivity index (χ1v) is 6.53. The van der Waals surface area contributed by atoms with E-state index < -0.39 is 0 Å². The van der Waals surface area contributed by atoms with Crippen LogP contribution in [0.5, 0.6) is 0 Å². The highest BCUT2D eigenvalue weighted by molar-refractivity contribution is 5.76. The van der Waals surface area contributed by atoms with E-state index in [4.69, 9.17) is 5.11 Å². The van der Waals surface area contributed by atoms with Gasteiger partial charge in [0.15, 0.2) is 0 Å². The number of rotatable bonds is 3. The van der Waals surface area contributed by atoms with Gasteiger partial charge in [-0.15, -0.1) is 0 Å². The third kappa shape index (κ3) is 4.97. The number of piperidine rings is 1. The largest absolute Gasteiger partial charge is 0.396 e. The predicted molar refractivity (Wildman–Crippen MR) is 67.2 cm³/mol. The van der Waals surface area contributed by atoms with Gasteiger partial charge in [-0.05, 0) is 24.7 Å². The summed E-state index contributed by atoms with van der Waals surface area (Å²) < 4.78 is 0. The summed E-state index contributed by atoms with van der Waals surface area (Å²) in [7, 11) is 0. The van der Waals surface area contributed by atoms with Gasteiger partial charge in [-0.25, -0.2) is 0 Å². The van der Waals surface area contributed by atoms with Crippen molar-refractivity contribution in [2.45, 2.75) is 47.0 Å². The van der Waals surface area contributed by atoms with Crippen LogP contribution in [0.1, 0.15) is 47.0 Å². The topological polar surface area (TPSA) is 40.5 Å². The Hall–Kier alpha value is -0.570. The Morgan fingerprint density at radius 3 is 2.19 bits per heavy atom. The number of nitrogens with zero attached hydrogens (tertiary/aromatic N) is 1. The van der Waals surface area contributed by atoms with Gasteiger partial charge in [-0.2, -0.15) is 0 Å². The first-order chi connectivity index (χ1) is 7.65. The molecule has 1 aliphatic rings. The predicted octanol–water partition coefficient (Wildman–Crippen LogP) is 2.29. The van der Waals surface area contributed by atoms with Crippen molar-refractivity contribution < 1.29 is 9.90 Å². The number of hydrogen-bond acceptors (Lipinski definition) is 2. The lowest BCUT2D eigenvalue weighted by Gasteiger charge is -2.33. The van der Waals surface area contributed by atoms with Crippen LogP contribution in [0.4, 0.5) is 0 Å². The molecule has 1 fully saturated rings. The molecule has 1 saturated heterocycles. The molecule has 3 nitrogen and oxygen atoms in total. The molecule has 0 saturated carbocycles. The molecule has 0 aromatic rings. The second kappa shape index (κ2) is 8.57. The molecule has 0 bridgehead atoms. The van der Waals surface area contributed by atoms with E-state index in [9.17, 15) is 4.79 Å². The van der Waals surface area contributed by atoms with Crippen molar-refractivity contribution in [3.63, 3.8) is 0 Å². The minimum absolute atomic E-state index is 0.0249. The van der Waals surface area contributed by atoms with Crippen molar-refractivity contribution in [3.8, 4) is 0 Å². The summed E-state index contributed by atoms with van der Waals surface area (Å²) in [4.78, 5) is 13.3. The Morgan fingerprint density at radius 2 is 1.81 bits per heavy atom. The first kappa shape index (κ1) is 15.4. The van der Waals surface area contributed by atoms with Crippen LogP contribution in [0.2, 0.25) is 0 Å². The molecule has 1 rings (SSSR count). The molecule has 0 atom stereocenters. The molecule has 3 heteroatoms. The van der Waals surface area contributed by atoms with E-state index in [0.29, 0.717) is 0 Å². The van der Waals surface area contributed by atoms with Gasteiger partial charge in [0.1, 0.15) is 0 Å². The van der Waals surface area contributed by atoms with E-state index in [1.165, 1.54) is 0 Å². The van der Waals surface area contributed by atoms with Gasteiger partial charge in [0.05, 0.1) is 6.61 Å². The van der Waals surface area contributed by atoms with Gasteiger partial charge in [-0.1, -0.05) is 27.7 Å². The Labute approximate surface area is 99.8 Å². The molecular formula is C13H27NO2. The fraction of sp³-hybridized carbons (Fsp3) is 0.923. The van der Waals surface area contributed by atoms with E-state index in [1.54, 1.807) is 0 Å². The summed E-state index contributed by atoms with van der Waals surface area (Å²) >= 11 is 0. The molecule has 1 aliphatic heterocycles. The highest BCUT2D eigenvalue weighted by atomic mass is 16.3. The van der Waals surface area contributed by atoms with E-state index in [0.717, 1.165) is 37.8 Å². The minimum Gasteiger partial charge on any atom is -0.396 e. The van der Waals surface area contributed by atoms with Crippen molar-refractivity contribution in [1.82, 2.24) is 4.90 Å². The van der Waals surface area contributed by atoms with Crippen LogP contribution in [-0.2, 0) is 4.79 Å². The Kier molecular flexibility index (Phi) is 8.26. The van der Waals surface area contributed by atoms with Crippen LogP contribution in [0, 0.1) is 11.8 Å². The molecule has 1 amide bonds. The van der Waals surface area contributed by atoms with Crippen molar-refractivity contribution in [3.05, 3.63) is 0 Å².